The second-order valence-corrected chi connectivity index (χ2v) is 14.0. The van der Waals surface area contributed by atoms with Gasteiger partial charge in [0.2, 0.25) is 0 Å². The van der Waals surface area contributed by atoms with Gasteiger partial charge >= 0.3 is 11.9 Å². The molecule has 0 saturated carbocycles. The maximum atomic E-state index is 13.2. The molecule has 1 aromatic heterocycles. The average molecular weight is 770 g/mol. The van der Waals surface area contributed by atoms with Crippen molar-refractivity contribution in [2.75, 3.05) is 6.61 Å². The Bertz CT molecular complexity index is 2290. The molecule has 4 aromatic rings. The van der Waals surface area contributed by atoms with Crippen LogP contribution >= 0.6 is 0 Å². The molecule has 5 rings (SSSR count). The van der Waals surface area contributed by atoms with Crippen molar-refractivity contribution in [2.24, 2.45) is 23.3 Å². The van der Waals surface area contributed by atoms with E-state index in [2.05, 4.69) is 0 Å². The SMILES string of the molecule is CC1=C(C(=O)C(N)=O)c2c(OC(C(=O)O)C(C)C)cccc2C1COc1ccccc1OCn1c(C)c(C(=O)C(N)=O)c2c(OC(C(=O)O)C(C)C)cccc21. The summed E-state index contributed by atoms with van der Waals surface area (Å²) in [4.78, 5) is 74.7. The van der Waals surface area contributed by atoms with E-state index in [1.165, 1.54) is 12.1 Å². The van der Waals surface area contributed by atoms with Gasteiger partial charge in [0.1, 0.15) is 11.5 Å². The summed E-state index contributed by atoms with van der Waals surface area (Å²) in [7, 11) is 0. The number of hydrogen-bond donors (Lipinski definition) is 4. The Balaban J connectivity index is 1.48. The van der Waals surface area contributed by atoms with E-state index in [1.807, 2.05) is 0 Å². The molecule has 6 N–H and O–H groups in total. The number of nitrogens with two attached hydrogens (primary N) is 2. The number of carbonyl (C=O) groups excluding carboxylic acids is 4. The predicted octanol–water partition coefficient (Wildman–Crippen LogP) is 4.63. The molecule has 0 aliphatic heterocycles. The van der Waals surface area contributed by atoms with E-state index in [0.717, 1.165) is 0 Å². The monoisotopic (exact) mass is 769 g/mol. The molecule has 3 atom stereocenters. The molecule has 3 aromatic carbocycles. The molecule has 1 aliphatic rings. The van der Waals surface area contributed by atoms with Crippen molar-refractivity contribution in [3.8, 4) is 23.0 Å². The highest BCUT2D eigenvalue weighted by Crippen LogP contribution is 2.47. The third-order valence-corrected chi connectivity index (χ3v) is 9.62. The third-order valence-electron chi connectivity index (χ3n) is 9.62. The van der Waals surface area contributed by atoms with Crippen molar-refractivity contribution in [1.82, 2.24) is 4.57 Å². The molecule has 15 heteroatoms. The van der Waals surface area contributed by atoms with E-state index >= 15 is 0 Å². The Kier molecular flexibility index (Phi) is 11.9. The summed E-state index contributed by atoms with van der Waals surface area (Å²) in [5.74, 6) is -7.42. The lowest BCUT2D eigenvalue weighted by molar-refractivity contribution is -0.148. The van der Waals surface area contributed by atoms with E-state index in [9.17, 15) is 39.0 Å². The lowest BCUT2D eigenvalue weighted by Gasteiger charge is -2.21. The van der Waals surface area contributed by atoms with Crippen LogP contribution in [0.4, 0.5) is 0 Å². The van der Waals surface area contributed by atoms with E-state index < -0.39 is 65.3 Å². The zero-order chi connectivity index (χ0) is 41.2. The summed E-state index contributed by atoms with van der Waals surface area (Å²) in [5.41, 5.74) is 12.9. The van der Waals surface area contributed by atoms with Crippen LogP contribution in [0.1, 0.15) is 67.7 Å². The van der Waals surface area contributed by atoms with Crippen molar-refractivity contribution in [3.05, 3.63) is 88.6 Å². The standard InChI is InChI=1S/C41H43N3O12/c1-19(2)36(40(49)50)55-28-15-9-11-23-24(21(5)30(32(23)28)34(45)38(42)47)17-53-26-13-7-8-14-27(26)54-18-44-22(6)31(35(46)39(43)48)33-25(44)12-10-16-29(33)56-37(20(3)4)41(51)52/h7-16,19-20,24,36-37H,17-18H2,1-6H3,(H2,42,47)(H2,43,48)(H,49,50)(H,51,52). The summed E-state index contributed by atoms with van der Waals surface area (Å²) in [6.45, 7) is 9.74. The smallest absolute Gasteiger partial charge is 0.345 e. The first kappa shape index (κ1) is 40.5. The minimum atomic E-state index is -1.25. The minimum Gasteiger partial charge on any atom is -0.489 e. The van der Waals surface area contributed by atoms with Crippen LogP contribution in [-0.2, 0) is 30.7 Å². The Morgan fingerprint density at radius 2 is 1.21 bits per heavy atom. The maximum absolute atomic E-state index is 13.2. The van der Waals surface area contributed by atoms with Gasteiger partial charge in [-0.05, 0) is 49.7 Å². The zero-order valence-electron chi connectivity index (χ0n) is 31.7. The van der Waals surface area contributed by atoms with Crippen molar-refractivity contribution in [3.63, 3.8) is 0 Å². The van der Waals surface area contributed by atoms with Gasteiger partial charge in [-0.2, -0.15) is 0 Å². The van der Waals surface area contributed by atoms with Crippen LogP contribution in [0.15, 0.2) is 66.2 Å². The fourth-order valence-electron chi connectivity index (χ4n) is 6.81. The van der Waals surface area contributed by atoms with Gasteiger partial charge in [-0.1, -0.05) is 63.6 Å². The number of ketones is 2. The molecular weight excluding hydrogens is 726 g/mol. The lowest BCUT2D eigenvalue weighted by atomic mass is 9.97. The Morgan fingerprint density at radius 1 is 0.696 bits per heavy atom. The number of carboxylic acid groups (broad SMARTS) is 2. The second kappa shape index (κ2) is 16.4. The Morgan fingerprint density at radius 3 is 1.77 bits per heavy atom. The number of ether oxygens (including phenoxy) is 4. The fraction of sp³-hybridized carbons (Fsp3) is 0.317. The third kappa shape index (κ3) is 7.78. The maximum Gasteiger partial charge on any atom is 0.345 e. The number of amides is 2. The van der Waals surface area contributed by atoms with E-state index in [4.69, 9.17) is 30.4 Å². The Hall–Kier alpha value is -6.64. The number of carbonyl (C=O) groups is 6. The van der Waals surface area contributed by atoms with Crippen LogP contribution < -0.4 is 30.4 Å². The highest BCUT2D eigenvalue weighted by Gasteiger charge is 2.38. The number of aliphatic carboxylic acids is 2. The van der Waals surface area contributed by atoms with Gasteiger partial charge in [0, 0.05) is 34.6 Å². The number of primary amides is 2. The first-order chi connectivity index (χ1) is 26.5. The number of benzene rings is 3. The molecule has 0 bridgehead atoms. The highest BCUT2D eigenvalue weighted by atomic mass is 16.5. The molecule has 0 radical (unpaired) electrons. The molecule has 0 saturated heterocycles. The van der Waals surface area contributed by atoms with Crippen molar-refractivity contribution in [2.45, 2.75) is 66.4 Å². The summed E-state index contributed by atoms with van der Waals surface area (Å²) in [6, 6.07) is 16.5. The van der Waals surface area contributed by atoms with Gasteiger partial charge in [0.25, 0.3) is 23.4 Å². The summed E-state index contributed by atoms with van der Waals surface area (Å²) in [5, 5.41) is 19.8. The predicted molar refractivity (Wildman–Crippen MR) is 203 cm³/mol. The molecule has 2 amide bonds. The zero-order valence-corrected chi connectivity index (χ0v) is 31.7. The molecular formula is C41H43N3O12. The molecule has 3 unspecified atom stereocenters. The number of carboxylic acids is 2. The molecule has 15 nitrogen and oxygen atoms in total. The van der Waals surface area contributed by atoms with Crippen LogP contribution in [-0.4, -0.2) is 68.9 Å². The highest BCUT2D eigenvalue weighted by molar-refractivity contribution is 6.54. The number of para-hydroxylation sites is 2. The van der Waals surface area contributed by atoms with Crippen LogP contribution in [0.5, 0.6) is 23.0 Å². The quantitative estimate of drug-likeness (QED) is 0.0801. The minimum absolute atomic E-state index is 0.0109. The number of hydrogen-bond acceptors (Lipinski definition) is 10. The molecule has 1 heterocycles. The fourth-order valence-corrected chi connectivity index (χ4v) is 6.81. The first-order valence-electron chi connectivity index (χ1n) is 17.7. The molecule has 0 spiro atoms. The molecule has 56 heavy (non-hydrogen) atoms. The molecule has 1 aliphatic carbocycles. The van der Waals surface area contributed by atoms with Crippen molar-refractivity contribution >= 4 is 51.8 Å². The van der Waals surface area contributed by atoms with Crippen LogP contribution in [0, 0.1) is 18.8 Å². The van der Waals surface area contributed by atoms with Crippen molar-refractivity contribution in [1.29, 1.82) is 0 Å². The number of Topliss-reactive ketones (excluding diaryl/α,β-unsaturated/α-hetero) is 2. The summed E-state index contributed by atoms with van der Waals surface area (Å²) < 4.78 is 26.0. The lowest BCUT2D eigenvalue weighted by Crippen LogP contribution is -2.32. The van der Waals surface area contributed by atoms with Gasteiger partial charge in [-0.15, -0.1) is 0 Å². The van der Waals surface area contributed by atoms with E-state index in [0.29, 0.717) is 28.1 Å². The van der Waals surface area contributed by atoms with Crippen molar-refractivity contribution < 1.29 is 57.9 Å². The molecule has 294 valence electrons. The summed E-state index contributed by atoms with van der Waals surface area (Å²) >= 11 is 0. The summed E-state index contributed by atoms with van der Waals surface area (Å²) in [6.07, 6.45) is -2.49. The number of rotatable bonds is 18. The van der Waals surface area contributed by atoms with E-state index in [-0.39, 0.29) is 52.7 Å². The van der Waals surface area contributed by atoms with Crippen LogP contribution in [0.3, 0.4) is 0 Å². The number of nitrogens with zero attached hydrogens (tertiary/aromatic N) is 1. The number of fused-ring (bicyclic) bond motifs is 2. The van der Waals surface area contributed by atoms with Crippen LogP contribution in [0.2, 0.25) is 0 Å². The number of aromatic nitrogens is 1. The largest absolute Gasteiger partial charge is 0.489 e. The van der Waals surface area contributed by atoms with Gasteiger partial charge in [-0.3, -0.25) is 19.2 Å². The average Bonchev–Trinajstić information content (AvgIpc) is 3.59. The van der Waals surface area contributed by atoms with Gasteiger partial charge in [-0.25, -0.2) is 9.59 Å². The second-order valence-electron chi connectivity index (χ2n) is 14.0. The normalized spacial score (nSPS) is 14.7. The van der Waals surface area contributed by atoms with Crippen LogP contribution in [0.25, 0.3) is 16.5 Å². The van der Waals surface area contributed by atoms with E-state index in [1.54, 1.807) is 94.6 Å². The van der Waals surface area contributed by atoms with Gasteiger partial charge in [0.05, 0.1) is 23.1 Å². The Labute approximate surface area is 321 Å². The van der Waals surface area contributed by atoms with Gasteiger partial charge < -0.3 is 45.2 Å². The first-order valence-corrected chi connectivity index (χ1v) is 17.7. The topological polar surface area (TPSA) is 237 Å². The van der Waals surface area contributed by atoms with Gasteiger partial charge in [0.15, 0.2) is 30.4 Å². The molecule has 0 fully saturated rings.